The summed E-state index contributed by atoms with van der Waals surface area (Å²) in [5, 5.41) is 8.29. The second-order valence-electron chi connectivity index (χ2n) is 7.00. The molecule has 2 aliphatic heterocycles. The minimum Gasteiger partial charge on any atom is -0.463 e. The normalized spacial score (nSPS) is 23.8. The number of ether oxygens (including phenoxy) is 1. The number of amides is 5. The quantitative estimate of drug-likeness (QED) is 0.465. The first kappa shape index (κ1) is 21.9. The molecular formula is C19H20Cl2N4O5. The van der Waals surface area contributed by atoms with E-state index in [0.29, 0.717) is 10.6 Å². The van der Waals surface area contributed by atoms with Crippen molar-refractivity contribution in [3.05, 3.63) is 45.1 Å². The highest BCUT2D eigenvalue weighted by molar-refractivity contribution is 6.35. The fraction of sp³-hybridized carbons (Fsp3) is 0.368. The third-order valence-corrected chi connectivity index (χ3v) is 5.47. The van der Waals surface area contributed by atoms with Crippen LogP contribution >= 0.6 is 23.2 Å². The number of urea groups is 2. The van der Waals surface area contributed by atoms with Gasteiger partial charge in [-0.25, -0.2) is 14.4 Å². The van der Waals surface area contributed by atoms with Gasteiger partial charge in [0, 0.05) is 15.6 Å². The van der Waals surface area contributed by atoms with E-state index in [0.717, 1.165) is 4.90 Å². The summed E-state index contributed by atoms with van der Waals surface area (Å²) >= 11 is 12.2. The number of carbonyl (C=O) groups is 4. The Morgan fingerprint density at radius 2 is 1.97 bits per heavy atom. The SMILES string of the molecule is CCOC(=O)C1=C(CN2C(=O)NC(C)(c3ccc(Cl)cc3Cl)C2=O)NC(=O)NC1C. The van der Waals surface area contributed by atoms with Crippen molar-refractivity contribution in [1.82, 2.24) is 20.9 Å². The summed E-state index contributed by atoms with van der Waals surface area (Å²) in [6, 6.07) is 2.69. The molecule has 30 heavy (non-hydrogen) atoms. The van der Waals surface area contributed by atoms with Crippen LogP contribution in [-0.2, 0) is 19.9 Å². The maximum absolute atomic E-state index is 13.2. The number of rotatable bonds is 5. The lowest BCUT2D eigenvalue weighted by Gasteiger charge is -2.28. The number of imide groups is 1. The van der Waals surface area contributed by atoms with Crippen molar-refractivity contribution in [3.8, 4) is 0 Å². The Morgan fingerprint density at radius 1 is 1.27 bits per heavy atom. The van der Waals surface area contributed by atoms with Gasteiger partial charge in [0.15, 0.2) is 0 Å². The van der Waals surface area contributed by atoms with Crippen molar-refractivity contribution in [1.29, 1.82) is 0 Å². The van der Waals surface area contributed by atoms with Crippen LogP contribution in [0.25, 0.3) is 0 Å². The fourth-order valence-electron chi connectivity index (χ4n) is 3.48. The zero-order valence-electron chi connectivity index (χ0n) is 16.5. The molecule has 0 bridgehead atoms. The molecule has 0 aliphatic carbocycles. The lowest BCUT2D eigenvalue weighted by Crippen LogP contribution is -2.52. The summed E-state index contributed by atoms with van der Waals surface area (Å²) < 4.78 is 5.05. The number of hydrogen-bond acceptors (Lipinski definition) is 5. The molecule has 2 unspecified atom stereocenters. The van der Waals surface area contributed by atoms with E-state index in [1.165, 1.54) is 13.0 Å². The van der Waals surface area contributed by atoms with E-state index in [4.69, 9.17) is 27.9 Å². The molecule has 2 atom stereocenters. The van der Waals surface area contributed by atoms with Crippen molar-refractivity contribution < 1.29 is 23.9 Å². The second-order valence-corrected chi connectivity index (χ2v) is 7.85. The summed E-state index contributed by atoms with van der Waals surface area (Å²) in [4.78, 5) is 51.1. The van der Waals surface area contributed by atoms with E-state index < -0.39 is 35.5 Å². The Bertz CT molecular complexity index is 980. The van der Waals surface area contributed by atoms with Crippen molar-refractivity contribution in [2.45, 2.75) is 32.4 Å². The van der Waals surface area contributed by atoms with E-state index in [1.807, 2.05) is 0 Å². The number of carbonyl (C=O) groups excluding carboxylic acids is 4. The third kappa shape index (κ3) is 3.82. The average Bonchev–Trinajstić information content (AvgIpc) is 2.85. The first-order valence-corrected chi connectivity index (χ1v) is 9.91. The van der Waals surface area contributed by atoms with Crippen LogP contribution in [0.2, 0.25) is 10.0 Å². The topological polar surface area (TPSA) is 117 Å². The largest absolute Gasteiger partial charge is 0.463 e. The van der Waals surface area contributed by atoms with Gasteiger partial charge in [-0.05, 0) is 32.9 Å². The monoisotopic (exact) mass is 454 g/mol. The average molecular weight is 455 g/mol. The lowest BCUT2D eigenvalue weighted by atomic mass is 9.92. The van der Waals surface area contributed by atoms with Gasteiger partial charge in [-0.15, -0.1) is 0 Å². The number of nitrogens with zero attached hydrogens (tertiary/aromatic N) is 1. The molecule has 0 aromatic heterocycles. The number of nitrogens with one attached hydrogen (secondary N) is 3. The molecule has 2 heterocycles. The second kappa shape index (κ2) is 8.16. The van der Waals surface area contributed by atoms with Gasteiger partial charge in [0.05, 0.1) is 30.5 Å². The molecule has 5 amide bonds. The Balaban J connectivity index is 1.96. The number of halogens is 2. The summed E-state index contributed by atoms with van der Waals surface area (Å²) in [6.07, 6.45) is 0. The molecule has 2 aliphatic rings. The van der Waals surface area contributed by atoms with Gasteiger partial charge in [0.1, 0.15) is 5.54 Å². The van der Waals surface area contributed by atoms with Gasteiger partial charge in [0.2, 0.25) is 0 Å². The first-order chi connectivity index (χ1) is 14.1. The van der Waals surface area contributed by atoms with Crippen LogP contribution in [0.5, 0.6) is 0 Å². The van der Waals surface area contributed by atoms with Gasteiger partial charge in [-0.3, -0.25) is 9.69 Å². The van der Waals surface area contributed by atoms with Gasteiger partial charge < -0.3 is 20.7 Å². The van der Waals surface area contributed by atoms with Crippen LogP contribution in [0.1, 0.15) is 26.3 Å². The van der Waals surface area contributed by atoms with Crippen LogP contribution < -0.4 is 16.0 Å². The Kier molecular flexibility index (Phi) is 5.96. The Morgan fingerprint density at radius 3 is 2.60 bits per heavy atom. The highest BCUT2D eigenvalue weighted by atomic mass is 35.5. The zero-order chi connectivity index (χ0) is 22.2. The van der Waals surface area contributed by atoms with Crippen LogP contribution in [0, 0.1) is 0 Å². The molecule has 3 rings (SSSR count). The highest BCUT2D eigenvalue weighted by Gasteiger charge is 2.50. The summed E-state index contributed by atoms with van der Waals surface area (Å²) in [5.74, 6) is -1.24. The smallest absolute Gasteiger partial charge is 0.337 e. The van der Waals surface area contributed by atoms with E-state index in [2.05, 4.69) is 16.0 Å². The van der Waals surface area contributed by atoms with E-state index in [9.17, 15) is 19.2 Å². The summed E-state index contributed by atoms with van der Waals surface area (Å²) in [6.45, 7) is 4.58. The minimum absolute atomic E-state index is 0.111. The highest BCUT2D eigenvalue weighted by Crippen LogP contribution is 2.35. The van der Waals surface area contributed by atoms with Crippen molar-refractivity contribution in [2.24, 2.45) is 0 Å². The molecule has 11 heteroatoms. The molecule has 3 N–H and O–H groups in total. The van der Waals surface area contributed by atoms with Crippen LogP contribution in [-0.4, -0.2) is 48.0 Å². The van der Waals surface area contributed by atoms with Gasteiger partial charge in [-0.1, -0.05) is 29.3 Å². The van der Waals surface area contributed by atoms with Crippen molar-refractivity contribution in [3.63, 3.8) is 0 Å². The maximum atomic E-state index is 13.2. The molecule has 1 aromatic rings. The third-order valence-electron chi connectivity index (χ3n) is 4.93. The Hall–Kier alpha value is -2.78. The number of hydrogen-bond donors (Lipinski definition) is 3. The Labute approximate surface area is 182 Å². The zero-order valence-corrected chi connectivity index (χ0v) is 18.0. The van der Waals surface area contributed by atoms with Crippen LogP contribution in [0.15, 0.2) is 29.5 Å². The summed E-state index contributed by atoms with van der Waals surface area (Å²) in [7, 11) is 0. The molecule has 9 nitrogen and oxygen atoms in total. The van der Waals surface area contributed by atoms with E-state index >= 15 is 0 Å². The molecule has 1 saturated heterocycles. The fourth-order valence-corrected chi connectivity index (χ4v) is 4.08. The predicted octanol–water partition coefficient (Wildman–Crippen LogP) is 2.28. The van der Waals surface area contributed by atoms with Crippen molar-refractivity contribution >= 4 is 47.1 Å². The van der Waals surface area contributed by atoms with E-state index in [-0.39, 0.29) is 29.4 Å². The summed E-state index contributed by atoms with van der Waals surface area (Å²) in [5.41, 5.74) is -0.821. The molecule has 0 spiro atoms. The van der Waals surface area contributed by atoms with E-state index in [1.54, 1.807) is 26.0 Å². The maximum Gasteiger partial charge on any atom is 0.337 e. The number of esters is 1. The molecule has 0 radical (unpaired) electrons. The standard InChI is InChI=1S/C19H20Cl2N4O5/c1-4-30-15(26)14-9(2)22-17(28)23-13(14)8-25-16(27)19(3,24-18(25)29)11-6-5-10(20)7-12(11)21/h5-7,9H,4,8H2,1-3H3,(H,24,29)(H2,22,23,28). The van der Waals surface area contributed by atoms with Gasteiger partial charge in [0.25, 0.3) is 5.91 Å². The molecular weight excluding hydrogens is 435 g/mol. The van der Waals surface area contributed by atoms with Gasteiger partial charge >= 0.3 is 18.0 Å². The van der Waals surface area contributed by atoms with Gasteiger partial charge in [-0.2, -0.15) is 0 Å². The molecule has 1 aromatic carbocycles. The predicted molar refractivity (Wildman–Crippen MR) is 109 cm³/mol. The molecule has 160 valence electrons. The lowest BCUT2D eigenvalue weighted by molar-refractivity contribution is -0.139. The van der Waals surface area contributed by atoms with Crippen LogP contribution in [0.3, 0.4) is 0 Å². The number of benzene rings is 1. The van der Waals surface area contributed by atoms with Crippen LogP contribution in [0.4, 0.5) is 9.59 Å². The first-order valence-electron chi connectivity index (χ1n) is 9.15. The molecule has 1 fully saturated rings. The van der Waals surface area contributed by atoms with Crippen molar-refractivity contribution in [2.75, 3.05) is 13.2 Å². The molecule has 0 saturated carbocycles. The minimum atomic E-state index is -1.44.